The molecule has 2 fully saturated rings. The zero-order valence-corrected chi connectivity index (χ0v) is 9.93. The molecule has 5 heteroatoms. The molecule has 2 aliphatic heterocycles. The second kappa shape index (κ2) is 5.49. The average molecular weight is 241 g/mol. The van der Waals surface area contributed by atoms with Crippen molar-refractivity contribution in [2.45, 2.75) is 38.2 Å². The van der Waals surface area contributed by atoms with E-state index in [2.05, 4.69) is 0 Å². The van der Waals surface area contributed by atoms with Crippen molar-refractivity contribution in [2.24, 2.45) is 5.92 Å². The lowest BCUT2D eigenvalue weighted by atomic mass is 10.1. The van der Waals surface area contributed by atoms with Gasteiger partial charge in [-0.15, -0.1) is 0 Å². The summed E-state index contributed by atoms with van der Waals surface area (Å²) in [7, 11) is 0. The van der Waals surface area contributed by atoms with E-state index in [1.807, 2.05) is 0 Å². The van der Waals surface area contributed by atoms with Crippen LogP contribution in [0.2, 0.25) is 0 Å². The molecule has 1 N–H and O–H groups in total. The Hall–Kier alpha value is -1.10. The van der Waals surface area contributed by atoms with Crippen LogP contribution in [0, 0.1) is 5.92 Å². The van der Waals surface area contributed by atoms with Crippen molar-refractivity contribution in [1.29, 1.82) is 0 Å². The first-order valence-electron chi connectivity index (χ1n) is 6.29. The zero-order valence-electron chi connectivity index (χ0n) is 9.93. The first-order valence-corrected chi connectivity index (χ1v) is 6.29. The maximum absolute atomic E-state index is 11.6. The summed E-state index contributed by atoms with van der Waals surface area (Å²) < 4.78 is 5.59. The topological polar surface area (TPSA) is 66.8 Å². The highest BCUT2D eigenvalue weighted by Gasteiger charge is 2.34. The molecule has 2 rings (SSSR count). The molecule has 0 radical (unpaired) electrons. The molecule has 17 heavy (non-hydrogen) atoms. The van der Waals surface area contributed by atoms with Gasteiger partial charge in [0, 0.05) is 26.1 Å². The Kier molecular flexibility index (Phi) is 3.99. The maximum atomic E-state index is 11.6. The fourth-order valence-electron chi connectivity index (χ4n) is 2.49. The highest BCUT2D eigenvalue weighted by atomic mass is 16.5. The molecular weight excluding hydrogens is 222 g/mol. The van der Waals surface area contributed by atoms with Crippen molar-refractivity contribution in [3.63, 3.8) is 0 Å². The van der Waals surface area contributed by atoms with Gasteiger partial charge in [0.15, 0.2) is 0 Å². The second-order valence-electron chi connectivity index (χ2n) is 4.86. The Morgan fingerprint density at radius 1 is 1.47 bits per heavy atom. The van der Waals surface area contributed by atoms with Crippen LogP contribution in [0.3, 0.4) is 0 Å². The van der Waals surface area contributed by atoms with Crippen LogP contribution in [0.25, 0.3) is 0 Å². The molecule has 2 saturated heterocycles. The number of nitrogens with zero attached hydrogens (tertiary/aromatic N) is 1. The molecule has 1 amide bonds. The molecule has 2 atom stereocenters. The van der Waals surface area contributed by atoms with Gasteiger partial charge < -0.3 is 14.7 Å². The number of amides is 1. The maximum Gasteiger partial charge on any atom is 0.308 e. The Labute approximate surface area is 101 Å². The van der Waals surface area contributed by atoms with Gasteiger partial charge in [-0.25, -0.2) is 0 Å². The van der Waals surface area contributed by atoms with Crippen LogP contribution in [-0.4, -0.2) is 47.7 Å². The van der Waals surface area contributed by atoms with E-state index >= 15 is 0 Å². The normalized spacial score (nSPS) is 29.6. The van der Waals surface area contributed by atoms with E-state index in [0.29, 0.717) is 13.1 Å². The standard InChI is InChI=1S/C12H19NO4/c14-11-7-9(12(15)16)8-13(11)5-4-10-3-1-2-6-17-10/h9-10H,1-8H2,(H,15,16). The Morgan fingerprint density at radius 3 is 2.88 bits per heavy atom. The number of rotatable bonds is 4. The molecule has 0 bridgehead atoms. The molecular formula is C12H19NO4. The van der Waals surface area contributed by atoms with Gasteiger partial charge in [-0.05, 0) is 25.7 Å². The molecule has 0 aromatic heterocycles. The molecule has 5 nitrogen and oxygen atoms in total. The minimum absolute atomic E-state index is 0.0341. The number of likely N-dealkylation sites (tertiary alicyclic amines) is 1. The van der Waals surface area contributed by atoms with Crippen molar-refractivity contribution in [2.75, 3.05) is 19.7 Å². The first kappa shape index (κ1) is 12.4. The van der Waals surface area contributed by atoms with Gasteiger partial charge in [0.2, 0.25) is 5.91 Å². The van der Waals surface area contributed by atoms with Crippen LogP contribution in [0.1, 0.15) is 32.1 Å². The summed E-state index contributed by atoms with van der Waals surface area (Å²) in [5, 5.41) is 8.86. The first-order chi connectivity index (χ1) is 8.16. The number of carbonyl (C=O) groups excluding carboxylic acids is 1. The lowest BCUT2D eigenvalue weighted by molar-refractivity contribution is -0.141. The zero-order chi connectivity index (χ0) is 12.3. The molecule has 96 valence electrons. The number of carboxylic acid groups (broad SMARTS) is 1. The lowest BCUT2D eigenvalue weighted by Gasteiger charge is -2.25. The Balaban J connectivity index is 1.75. The van der Waals surface area contributed by atoms with Crippen molar-refractivity contribution < 1.29 is 19.4 Å². The molecule has 2 aliphatic rings. The number of hydrogen-bond acceptors (Lipinski definition) is 3. The fourth-order valence-corrected chi connectivity index (χ4v) is 2.49. The van der Waals surface area contributed by atoms with Crippen molar-refractivity contribution >= 4 is 11.9 Å². The molecule has 0 aromatic carbocycles. The quantitative estimate of drug-likeness (QED) is 0.793. The lowest BCUT2D eigenvalue weighted by Crippen LogP contribution is -2.31. The number of carboxylic acids is 1. The number of aliphatic carboxylic acids is 1. The summed E-state index contributed by atoms with van der Waals surface area (Å²) in [4.78, 5) is 24.0. The predicted molar refractivity (Wildman–Crippen MR) is 60.5 cm³/mol. The monoisotopic (exact) mass is 241 g/mol. The third-order valence-corrected chi connectivity index (χ3v) is 3.56. The van der Waals surface area contributed by atoms with E-state index in [0.717, 1.165) is 25.9 Å². The third-order valence-electron chi connectivity index (χ3n) is 3.56. The predicted octanol–water partition coefficient (Wildman–Crippen LogP) is 0.879. The SMILES string of the molecule is O=C(O)C1CC(=O)N(CCC2CCCCO2)C1. The Morgan fingerprint density at radius 2 is 2.29 bits per heavy atom. The van der Waals surface area contributed by atoms with Crippen LogP contribution in [-0.2, 0) is 14.3 Å². The molecule has 0 aromatic rings. The largest absolute Gasteiger partial charge is 0.481 e. The summed E-state index contributed by atoms with van der Waals surface area (Å²) in [6.07, 6.45) is 4.61. The highest BCUT2D eigenvalue weighted by molar-refractivity contribution is 5.86. The number of ether oxygens (including phenoxy) is 1. The Bertz CT molecular complexity index is 299. The van der Waals surface area contributed by atoms with Crippen LogP contribution in [0.5, 0.6) is 0 Å². The average Bonchev–Trinajstić information content (AvgIpc) is 2.70. The van der Waals surface area contributed by atoms with Gasteiger partial charge in [0.05, 0.1) is 12.0 Å². The highest BCUT2D eigenvalue weighted by Crippen LogP contribution is 2.21. The molecule has 0 saturated carbocycles. The molecule has 0 aliphatic carbocycles. The minimum atomic E-state index is -0.866. The molecule has 2 heterocycles. The van der Waals surface area contributed by atoms with E-state index in [4.69, 9.17) is 9.84 Å². The molecule has 0 spiro atoms. The van der Waals surface area contributed by atoms with Crippen LogP contribution >= 0.6 is 0 Å². The summed E-state index contributed by atoms with van der Waals surface area (Å²) in [6, 6.07) is 0. The van der Waals surface area contributed by atoms with Crippen molar-refractivity contribution in [1.82, 2.24) is 4.90 Å². The van der Waals surface area contributed by atoms with Gasteiger partial charge in [-0.3, -0.25) is 9.59 Å². The van der Waals surface area contributed by atoms with Gasteiger partial charge >= 0.3 is 5.97 Å². The summed E-state index contributed by atoms with van der Waals surface area (Å²) >= 11 is 0. The number of carbonyl (C=O) groups is 2. The fraction of sp³-hybridized carbons (Fsp3) is 0.833. The van der Waals surface area contributed by atoms with E-state index < -0.39 is 11.9 Å². The van der Waals surface area contributed by atoms with Crippen molar-refractivity contribution in [3.05, 3.63) is 0 Å². The third kappa shape index (κ3) is 3.19. The van der Waals surface area contributed by atoms with E-state index in [-0.39, 0.29) is 18.4 Å². The van der Waals surface area contributed by atoms with E-state index in [1.54, 1.807) is 4.90 Å². The van der Waals surface area contributed by atoms with Crippen LogP contribution < -0.4 is 0 Å². The van der Waals surface area contributed by atoms with E-state index in [9.17, 15) is 9.59 Å². The van der Waals surface area contributed by atoms with E-state index in [1.165, 1.54) is 6.42 Å². The second-order valence-corrected chi connectivity index (χ2v) is 4.86. The summed E-state index contributed by atoms with van der Waals surface area (Å²) in [6.45, 7) is 1.81. The van der Waals surface area contributed by atoms with Crippen LogP contribution in [0.15, 0.2) is 0 Å². The smallest absolute Gasteiger partial charge is 0.308 e. The minimum Gasteiger partial charge on any atom is -0.481 e. The summed E-state index contributed by atoms with van der Waals surface area (Å²) in [5.41, 5.74) is 0. The summed E-state index contributed by atoms with van der Waals surface area (Å²) in [5.74, 6) is -1.42. The van der Waals surface area contributed by atoms with Gasteiger partial charge in [0.1, 0.15) is 0 Å². The van der Waals surface area contributed by atoms with Gasteiger partial charge in [-0.1, -0.05) is 0 Å². The molecule has 2 unspecified atom stereocenters. The van der Waals surface area contributed by atoms with Crippen LogP contribution in [0.4, 0.5) is 0 Å². The van der Waals surface area contributed by atoms with Gasteiger partial charge in [0.25, 0.3) is 0 Å². The van der Waals surface area contributed by atoms with Crippen molar-refractivity contribution in [3.8, 4) is 0 Å². The van der Waals surface area contributed by atoms with Gasteiger partial charge in [-0.2, -0.15) is 0 Å². The number of hydrogen-bond donors (Lipinski definition) is 1.